The van der Waals surface area contributed by atoms with Crippen LogP contribution in [0.3, 0.4) is 0 Å². The van der Waals surface area contributed by atoms with Crippen molar-refractivity contribution in [1.29, 1.82) is 0 Å². The minimum Gasteiger partial charge on any atom is -0.388 e. The molecule has 0 saturated heterocycles. The van der Waals surface area contributed by atoms with E-state index in [0.717, 1.165) is 0 Å². The average molecular weight is 129 g/mol. The molecular formula is C7H15NO. The molecule has 0 spiro atoms. The largest absolute Gasteiger partial charge is 0.388 e. The molecule has 0 rings (SSSR count). The highest BCUT2D eigenvalue weighted by Gasteiger charge is 2.10. The fourth-order valence-electron chi connectivity index (χ4n) is 0.592. The molecule has 0 radical (unpaired) electrons. The standard InChI is InChI=1S/C7H15NO/c1-5(2)7(9)6(3)4-8/h5,7,9H,3-4,8H2,1-2H3. The number of hydrogen-bond donors (Lipinski definition) is 2. The highest BCUT2D eigenvalue weighted by molar-refractivity contribution is 5.03. The molecule has 0 aromatic rings. The Balaban J connectivity index is 3.72. The monoisotopic (exact) mass is 129 g/mol. The normalized spacial score (nSPS) is 13.9. The Hall–Kier alpha value is -0.340. The van der Waals surface area contributed by atoms with Gasteiger partial charge in [0, 0.05) is 6.54 Å². The smallest absolute Gasteiger partial charge is 0.0782 e. The first-order valence-corrected chi connectivity index (χ1v) is 3.15. The lowest BCUT2D eigenvalue weighted by molar-refractivity contribution is 0.159. The van der Waals surface area contributed by atoms with Crippen LogP contribution in [0.4, 0.5) is 0 Å². The minimum absolute atomic E-state index is 0.223. The summed E-state index contributed by atoms with van der Waals surface area (Å²) in [6.45, 7) is 7.87. The van der Waals surface area contributed by atoms with E-state index in [1.807, 2.05) is 13.8 Å². The van der Waals surface area contributed by atoms with Crippen molar-refractivity contribution in [3.05, 3.63) is 12.2 Å². The maximum atomic E-state index is 9.22. The molecule has 0 amide bonds. The predicted molar refractivity (Wildman–Crippen MR) is 39.0 cm³/mol. The third-order valence-electron chi connectivity index (χ3n) is 1.31. The van der Waals surface area contributed by atoms with Crippen molar-refractivity contribution in [2.75, 3.05) is 6.54 Å². The van der Waals surface area contributed by atoms with E-state index >= 15 is 0 Å². The fraction of sp³-hybridized carbons (Fsp3) is 0.714. The van der Waals surface area contributed by atoms with Gasteiger partial charge in [-0.2, -0.15) is 0 Å². The molecule has 0 aliphatic carbocycles. The molecule has 2 heteroatoms. The summed E-state index contributed by atoms with van der Waals surface area (Å²) < 4.78 is 0. The number of hydrogen-bond acceptors (Lipinski definition) is 2. The van der Waals surface area contributed by atoms with E-state index in [1.54, 1.807) is 0 Å². The Labute approximate surface area is 56.4 Å². The van der Waals surface area contributed by atoms with Crippen LogP contribution in [0.5, 0.6) is 0 Å². The first-order valence-electron chi connectivity index (χ1n) is 3.15. The maximum absolute atomic E-state index is 9.22. The molecule has 0 aromatic heterocycles. The second-order valence-corrected chi connectivity index (χ2v) is 2.55. The lowest BCUT2D eigenvalue weighted by Crippen LogP contribution is -2.22. The zero-order valence-electron chi connectivity index (χ0n) is 6.09. The summed E-state index contributed by atoms with van der Waals surface area (Å²) in [5.41, 5.74) is 5.96. The SMILES string of the molecule is C=C(CN)C(O)C(C)C. The lowest BCUT2D eigenvalue weighted by atomic mass is 10.0. The van der Waals surface area contributed by atoms with Gasteiger partial charge in [0.1, 0.15) is 0 Å². The summed E-state index contributed by atoms with van der Waals surface area (Å²) in [6, 6.07) is 0. The van der Waals surface area contributed by atoms with E-state index in [4.69, 9.17) is 5.73 Å². The third-order valence-corrected chi connectivity index (χ3v) is 1.31. The number of rotatable bonds is 3. The Morgan fingerprint density at radius 3 is 2.22 bits per heavy atom. The zero-order chi connectivity index (χ0) is 7.44. The van der Waals surface area contributed by atoms with Gasteiger partial charge in [-0.05, 0) is 11.5 Å². The number of aliphatic hydroxyl groups excluding tert-OH is 1. The van der Waals surface area contributed by atoms with Crippen LogP contribution in [-0.4, -0.2) is 17.8 Å². The molecule has 0 heterocycles. The summed E-state index contributed by atoms with van der Waals surface area (Å²) in [6.07, 6.45) is -0.435. The molecule has 0 aromatic carbocycles. The first-order chi connectivity index (χ1) is 4.09. The Kier molecular flexibility index (Phi) is 3.50. The number of aliphatic hydroxyl groups is 1. The van der Waals surface area contributed by atoms with Crippen molar-refractivity contribution in [3.8, 4) is 0 Å². The molecule has 54 valence electrons. The van der Waals surface area contributed by atoms with Crippen molar-refractivity contribution < 1.29 is 5.11 Å². The van der Waals surface area contributed by atoms with Crippen molar-refractivity contribution in [2.45, 2.75) is 20.0 Å². The molecule has 1 atom stereocenters. The molecule has 0 fully saturated rings. The second-order valence-electron chi connectivity index (χ2n) is 2.55. The van der Waals surface area contributed by atoms with Crippen LogP contribution < -0.4 is 5.73 Å². The van der Waals surface area contributed by atoms with E-state index < -0.39 is 6.10 Å². The molecule has 3 N–H and O–H groups in total. The highest BCUT2D eigenvalue weighted by Crippen LogP contribution is 2.07. The molecule has 0 saturated carbocycles. The van der Waals surface area contributed by atoms with Gasteiger partial charge in [0.2, 0.25) is 0 Å². The predicted octanol–water partition coefficient (Wildman–Crippen LogP) is 0.518. The van der Waals surface area contributed by atoms with E-state index in [9.17, 15) is 5.11 Å². The van der Waals surface area contributed by atoms with Gasteiger partial charge in [0.15, 0.2) is 0 Å². The molecule has 0 bridgehead atoms. The van der Waals surface area contributed by atoms with E-state index in [2.05, 4.69) is 6.58 Å². The van der Waals surface area contributed by atoms with Crippen molar-refractivity contribution >= 4 is 0 Å². The van der Waals surface area contributed by atoms with Crippen molar-refractivity contribution in [3.63, 3.8) is 0 Å². The van der Waals surface area contributed by atoms with Crippen LogP contribution in [0, 0.1) is 5.92 Å². The van der Waals surface area contributed by atoms with E-state index in [0.29, 0.717) is 12.1 Å². The van der Waals surface area contributed by atoms with Crippen molar-refractivity contribution in [1.82, 2.24) is 0 Å². The Morgan fingerprint density at radius 1 is 1.67 bits per heavy atom. The van der Waals surface area contributed by atoms with Crippen LogP contribution in [0.15, 0.2) is 12.2 Å². The summed E-state index contributed by atoms with van der Waals surface area (Å²) >= 11 is 0. The van der Waals surface area contributed by atoms with Gasteiger partial charge < -0.3 is 10.8 Å². The molecule has 0 aliphatic rings. The number of nitrogens with two attached hydrogens (primary N) is 1. The Morgan fingerprint density at radius 2 is 2.11 bits per heavy atom. The summed E-state index contributed by atoms with van der Waals surface area (Å²) in [5.74, 6) is 0.223. The minimum atomic E-state index is -0.435. The molecule has 9 heavy (non-hydrogen) atoms. The second kappa shape index (κ2) is 3.64. The van der Waals surface area contributed by atoms with Crippen LogP contribution in [0.2, 0.25) is 0 Å². The van der Waals surface area contributed by atoms with Gasteiger partial charge in [-0.1, -0.05) is 20.4 Å². The van der Waals surface area contributed by atoms with Crippen LogP contribution >= 0.6 is 0 Å². The quantitative estimate of drug-likeness (QED) is 0.546. The fourth-order valence-corrected chi connectivity index (χ4v) is 0.592. The van der Waals surface area contributed by atoms with Gasteiger partial charge in [-0.25, -0.2) is 0 Å². The summed E-state index contributed by atoms with van der Waals surface area (Å²) in [4.78, 5) is 0. The third kappa shape index (κ3) is 2.63. The molecule has 0 aliphatic heterocycles. The van der Waals surface area contributed by atoms with E-state index in [-0.39, 0.29) is 5.92 Å². The van der Waals surface area contributed by atoms with Gasteiger partial charge in [-0.15, -0.1) is 0 Å². The van der Waals surface area contributed by atoms with Gasteiger partial charge in [0.25, 0.3) is 0 Å². The maximum Gasteiger partial charge on any atom is 0.0782 e. The average Bonchev–Trinajstić information content (AvgIpc) is 1.84. The van der Waals surface area contributed by atoms with Gasteiger partial charge in [0.05, 0.1) is 6.10 Å². The lowest BCUT2D eigenvalue weighted by Gasteiger charge is -2.15. The molecule has 1 unspecified atom stereocenters. The van der Waals surface area contributed by atoms with Gasteiger partial charge in [-0.3, -0.25) is 0 Å². The highest BCUT2D eigenvalue weighted by atomic mass is 16.3. The van der Waals surface area contributed by atoms with Crippen LogP contribution in [-0.2, 0) is 0 Å². The van der Waals surface area contributed by atoms with E-state index in [1.165, 1.54) is 0 Å². The summed E-state index contributed by atoms with van der Waals surface area (Å²) in [5, 5.41) is 9.22. The first kappa shape index (κ1) is 8.66. The molecular weight excluding hydrogens is 114 g/mol. The van der Waals surface area contributed by atoms with Crippen LogP contribution in [0.25, 0.3) is 0 Å². The molecule has 2 nitrogen and oxygen atoms in total. The Bertz CT molecular complexity index is 99.1. The van der Waals surface area contributed by atoms with Gasteiger partial charge >= 0.3 is 0 Å². The topological polar surface area (TPSA) is 46.2 Å². The summed E-state index contributed by atoms with van der Waals surface area (Å²) in [7, 11) is 0. The zero-order valence-corrected chi connectivity index (χ0v) is 6.09. The van der Waals surface area contributed by atoms with Crippen LogP contribution in [0.1, 0.15) is 13.8 Å². The van der Waals surface area contributed by atoms with Crippen molar-refractivity contribution in [2.24, 2.45) is 11.7 Å².